The van der Waals surface area contributed by atoms with Crippen LogP contribution in [0.3, 0.4) is 0 Å². The minimum Gasteiger partial charge on any atom is -0.338 e. The lowest BCUT2D eigenvalue weighted by Crippen LogP contribution is -2.48. The fourth-order valence-corrected chi connectivity index (χ4v) is 3.94. The van der Waals surface area contributed by atoms with E-state index in [1.165, 1.54) is 11.1 Å². The molecule has 0 aliphatic carbocycles. The zero-order chi connectivity index (χ0) is 16.4. The van der Waals surface area contributed by atoms with Gasteiger partial charge in [0, 0.05) is 44.6 Å². The van der Waals surface area contributed by atoms with Crippen molar-refractivity contribution >= 4 is 5.91 Å². The van der Waals surface area contributed by atoms with E-state index in [4.69, 9.17) is 0 Å². The van der Waals surface area contributed by atoms with Crippen molar-refractivity contribution in [3.63, 3.8) is 0 Å². The smallest absolute Gasteiger partial charge is 0.255 e. The summed E-state index contributed by atoms with van der Waals surface area (Å²) in [6.45, 7) is 3.88. The number of nitrogens with zero attached hydrogens (tertiary/aromatic N) is 3. The third-order valence-corrected chi connectivity index (χ3v) is 5.34. The topological polar surface area (TPSA) is 36.4 Å². The first-order valence-electron chi connectivity index (χ1n) is 8.81. The maximum Gasteiger partial charge on any atom is 0.255 e. The van der Waals surface area contributed by atoms with E-state index in [2.05, 4.69) is 34.1 Å². The van der Waals surface area contributed by atoms with Gasteiger partial charge in [0.15, 0.2) is 0 Å². The van der Waals surface area contributed by atoms with E-state index >= 15 is 0 Å². The predicted molar refractivity (Wildman–Crippen MR) is 93.7 cm³/mol. The van der Waals surface area contributed by atoms with Crippen LogP contribution in [0.15, 0.2) is 48.8 Å². The second-order valence-electron chi connectivity index (χ2n) is 6.75. The molecule has 2 aromatic rings. The zero-order valence-electron chi connectivity index (χ0n) is 13.9. The van der Waals surface area contributed by atoms with E-state index in [9.17, 15) is 4.79 Å². The van der Waals surface area contributed by atoms with Gasteiger partial charge < -0.3 is 4.90 Å². The standard InChI is InChI=1S/C20H23N3O/c24-20(17-6-3-10-21-14-17)22-12-8-19(9-13-22)23-11-7-16-4-1-2-5-18(16)15-23/h1-6,10,14,19H,7-9,11-13,15H2. The third kappa shape index (κ3) is 3.06. The van der Waals surface area contributed by atoms with Gasteiger partial charge in [-0.25, -0.2) is 0 Å². The monoisotopic (exact) mass is 321 g/mol. The largest absolute Gasteiger partial charge is 0.338 e. The molecule has 0 N–H and O–H groups in total. The number of likely N-dealkylation sites (tertiary alicyclic amines) is 1. The lowest BCUT2D eigenvalue weighted by Gasteiger charge is -2.40. The van der Waals surface area contributed by atoms with Crippen molar-refractivity contribution in [2.45, 2.75) is 31.8 Å². The van der Waals surface area contributed by atoms with Gasteiger partial charge in [0.2, 0.25) is 0 Å². The number of fused-ring (bicyclic) bond motifs is 1. The average Bonchev–Trinajstić information content (AvgIpc) is 2.68. The van der Waals surface area contributed by atoms with E-state index < -0.39 is 0 Å². The number of amides is 1. The van der Waals surface area contributed by atoms with E-state index in [-0.39, 0.29) is 5.91 Å². The second kappa shape index (κ2) is 6.73. The summed E-state index contributed by atoms with van der Waals surface area (Å²) in [5, 5.41) is 0. The number of pyridine rings is 1. The maximum absolute atomic E-state index is 12.5. The van der Waals surface area contributed by atoms with E-state index in [0.717, 1.165) is 45.4 Å². The van der Waals surface area contributed by atoms with Crippen LogP contribution in [0.25, 0.3) is 0 Å². The molecule has 3 heterocycles. The molecule has 0 saturated carbocycles. The van der Waals surface area contributed by atoms with Crippen molar-refractivity contribution in [3.05, 3.63) is 65.5 Å². The number of carbonyl (C=O) groups is 1. The highest BCUT2D eigenvalue weighted by Crippen LogP contribution is 2.25. The molecular formula is C20H23N3O. The maximum atomic E-state index is 12.5. The Balaban J connectivity index is 1.36. The second-order valence-corrected chi connectivity index (χ2v) is 6.75. The molecule has 1 fully saturated rings. The Labute approximate surface area is 143 Å². The molecular weight excluding hydrogens is 298 g/mol. The first kappa shape index (κ1) is 15.3. The zero-order valence-corrected chi connectivity index (χ0v) is 13.9. The molecule has 1 aromatic carbocycles. The van der Waals surface area contributed by atoms with Crippen LogP contribution in [0.4, 0.5) is 0 Å². The van der Waals surface area contributed by atoms with Gasteiger partial charge in [-0.2, -0.15) is 0 Å². The fraction of sp³-hybridized carbons (Fsp3) is 0.400. The summed E-state index contributed by atoms with van der Waals surface area (Å²) >= 11 is 0. The van der Waals surface area contributed by atoms with Crippen LogP contribution in [0.1, 0.15) is 34.3 Å². The van der Waals surface area contributed by atoms with Gasteiger partial charge in [-0.05, 0) is 42.5 Å². The average molecular weight is 321 g/mol. The Bertz CT molecular complexity index is 708. The van der Waals surface area contributed by atoms with Crippen molar-refractivity contribution in [2.75, 3.05) is 19.6 Å². The van der Waals surface area contributed by atoms with Crippen molar-refractivity contribution in [1.82, 2.24) is 14.8 Å². The van der Waals surface area contributed by atoms with Gasteiger partial charge >= 0.3 is 0 Å². The van der Waals surface area contributed by atoms with Gasteiger partial charge in [-0.15, -0.1) is 0 Å². The van der Waals surface area contributed by atoms with Gasteiger partial charge in [0.1, 0.15) is 0 Å². The van der Waals surface area contributed by atoms with Crippen molar-refractivity contribution < 1.29 is 4.79 Å². The lowest BCUT2D eigenvalue weighted by atomic mass is 9.95. The Morgan fingerprint density at radius 2 is 1.79 bits per heavy atom. The van der Waals surface area contributed by atoms with E-state index in [1.807, 2.05) is 17.0 Å². The first-order chi connectivity index (χ1) is 11.8. The molecule has 1 amide bonds. The normalized spacial score (nSPS) is 19.1. The number of aromatic nitrogens is 1. The molecule has 4 rings (SSSR count). The molecule has 4 nitrogen and oxygen atoms in total. The van der Waals surface area contributed by atoms with Crippen LogP contribution in [0.2, 0.25) is 0 Å². The van der Waals surface area contributed by atoms with Crippen LogP contribution >= 0.6 is 0 Å². The van der Waals surface area contributed by atoms with Crippen LogP contribution in [-0.4, -0.2) is 46.4 Å². The first-order valence-corrected chi connectivity index (χ1v) is 8.81. The molecule has 0 bridgehead atoms. The number of piperidine rings is 1. The molecule has 1 aromatic heterocycles. The molecule has 0 atom stereocenters. The molecule has 124 valence electrons. The minimum absolute atomic E-state index is 0.116. The summed E-state index contributed by atoms with van der Waals surface area (Å²) in [4.78, 5) is 21.2. The van der Waals surface area contributed by atoms with E-state index in [0.29, 0.717) is 11.6 Å². The summed E-state index contributed by atoms with van der Waals surface area (Å²) in [5.74, 6) is 0.116. The SMILES string of the molecule is O=C(c1cccnc1)N1CCC(N2CCc3ccccc3C2)CC1. The molecule has 2 aliphatic rings. The molecule has 2 aliphatic heterocycles. The molecule has 24 heavy (non-hydrogen) atoms. The summed E-state index contributed by atoms with van der Waals surface area (Å²) in [6, 6.07) is 13.0. The van der Waals surface area contributed by atoms with Crippen LogP contribution in [0.5, 0.6) is 0 Å². The Morgan fingerprint density at radius 1 is 1.00 bits per heavy atom. The van der Waals surface area contributed by atoms with Crippen LogP contribution < -0.4 is 0 Å². The Morgan fingerprint density at radius 3 is 2.54 bits per heavy atom. The van der Waals surface area contributed by atoms with Crippen LogP contribution in [0, 0.1) is 0 Å². The van der Waals surface area contributed by atoms with Crippen molar-refractivity contribution in [1.29, 1.82) is 0 Å². The van der Waals surface area contributed by atoms with Crippen LogP contribution in [-0.2, 0) is 13.0 Å². The third-order valence-electron chi connectivity index (χ3n) is 5.34. The highest BCUT2D eigenvalue weighted by Gasteiger charge is 2.29. The highest BCUT2D eigenvalue weighted by molar-refractivity contribution is 5.93. The van der Waals surface area contributed by atoms with Gasteiger partial charge in [0.05, 0.1) is 5.56 Å². The molecule has 0 unspecified atom stereocenters. The summed E-state index contributed by atoms with van der Waals surface area (Å²) in [7, 11) is 0. The summed E-state index contributed by atoms with van der Waals surface area (Å²) in [5.41, 5.74) is 3.67. The fourth-order valence-electron chi connectivity index (χ4n) is 3.94. The number of rotatable bonds is 2. The molecule has 1 saturated heterocycles. The van der Waals surface area contributed by atoms with Crippen molar-refractivity contribution in [3.8, 4) is 0 Å². The molecule has 0 radical (unpaired) electrons. The number of hydrogen-bond acceptors (Lipinski definition) is 3. The lowest BCUT2D eigenvalue weighted by molar-refractivity contribution is 0.0599. The molecule has 4 heteroatoms. The van der Waals surface area contributed by atoms with Gasteiger partial charge in [0.25, 0.3) is 5.91 Å². The number of carbonyl (C=O) groups excluding carboxylic acids is 1. The quantitative estimate of drug-likeness (QED) is 0.853. The minimum atomic E-state index is 0.116. The van der Waals surface area contributed by atoms with E-state index in [1.54, 1.807) is 12.4 Å². The summed E-state index contributed by atoms with van der Waals surface area (Å²) in [6.07, 6.45) is 6.64. The predicted octanol–water partition coefficient (Wildman–Crippen LogP) is 2.74. The Kier molecular flexibility index (Phi) is 4.30. The number of hydrogen-bond donors (Lipinski definition) is 0. The van der Waals surface area contributed by atoms with Gasteiger partial charge in [-0.3, -0.25) is 14.7 Å². The van der Waals surface area contributed by atoms with Gasteiger partial charge in [-0.1, -0.05) is 24.3 Å². The number of benzene rings is 1. The Hall–Kier alpha value is -2.20. The summed E-state index contributed by atoms with van der Waals surface area (Å²) < 4.78 is 0. The molecule has 0 spiro atoms. The van der Waals surface area contributed by atoms with Crippen molar-refractivity contribution in [2.24, 2.45) is 0 Å². The highest BCUT2D eigenvalue weighted by atomic mass is 16.2.